The van der Waals surface area contributed by atoms with Gasteiger partial charge in [-0.3, -0.25) is 9.36 Å². The summed E-state index contributed by atoms with van der Waals surface area (Å²) >= 11 is 1.46. The van der Waals surface area contributed by atoms with E-state index in [4.69, 9.17) is 0 Å². The highest BCUT2D eigenvalue weighted by molar-refractivity contribution is 7.99. The van der Waals surface area contributed by atoms with Gasteiger partial charge in [0.05, 0.1) is 11.4 Å². The Kier molecular flexibility index (Phi) is 6.00. The van der Waals surface area contributed by atoms with E-state index in [1.54, 1.807) is 6.20 Å². The van der Waals surface area contributed by atoms with Gasteiger partial charge in [-0.15, -0.1) is 0 Å². The summed E-state index contributed by atoms with van der Waals surface area (Å²) in [4.78, 5) is 20.0. The second-order valence-corrected chi connectivity index (χ2v) is 7.91. The highest BCUT2D eigenvalue weighted by Crippen LogP contribution is 2.22. The molecule has 4 aromatic rings. The number of H-pyrrole nitrogens is 1. The van der Waals surface area contributed by atoms with Crippen LogP contribution in [0.1, 0.15) is 17.5 Å². The fourth-order valence-electron chi connectivity index (χ4n) is 3.44. The molecule has 0 aliphatic carbocycles. The molecule has 2 aromatic carbocycles. The molecule has 0 radical (unpaired) electrons. The molecule has 4 rings (SSSR count). The van der Waals surface area contributed by atoms with Gasteiger partial charge in [0.1, 0.15) is 0 Å². The maximum absolute atomic E-state index is 12.3. The summed E-state index contributed by atoms with van der Waals surface area (Å²) in [6.07, 6.45) is 7.62. The van der Waals surface area contributed by atoms with E-state index >= 15 is 0 Å². The molecule has 0 spiro atoms. The zero-order chi connectivity index (χ0) is 20.1. The van der Waals surface area contributed by atoms with Crippen molar-refractivity contribution in [2.75, 3.05) is 12.3 Å². The second-order valence-electron chi connectivity index (χ2n) is 6.97. The van der Waals surface area contributed by atoms with Gasteiger partial charge < -0.3 is 10.3 Å². The number of aryl methyl sites for hydroxylation is 2. The lowest BCUT2D eigenvalue weighted by Gasteiger charge is -2.10. The minimum Gasteiger partial charge on any atom is -0.361 e. The molecule has 6 heteroatoms. The number of benzene rings is 2. The van der Waals surface area contributed by atoms with E-state index in [9.17, 15) is 4.79 Å². The van der Waals surface area contributed by atoms with Crippen molar-refractivity contribution in [3.63, 3.8) is 0 Å². The average molecular weight is 405 g/mol. The molecule has 5 nitrogen and oxygen atoms in total. The Balaban J connectivity index is 1.25. The van der Waals surface area contributed by atoms with Gasteiger partial charge in [0.25, 0.3) is 0 Å². The molecular formula is C23H24N4OS. The Hall–Kier alpha value is -2.99. The summed E-state index contributed by atoms with van der Waals surface area (Å²) in [5, 5.41) is 5.11. The minimum atomic E-state index is 0.0354. The summed E-state index contributed by atoms with van der Waals surface area (Å²) in [5.74, 6) is 0.393. The lowest BCUT2D eigenvalue weighted by atomic mass is 10.1. The molecule has 0 fully saturated rings. The number of amides is 1. The van der Waals surface area contributed by atoms with E-state index in [0.717, 1.165) is 29.2 Å². The van der Waals surface area contributed by atoms with Crippen molar-refractivity contribution >= 4 is 28.6 Å². The van der Waals surface area contributed by atoms with Crippen molar-refractivity contribution in [2.45, 2.75) is 24.9 Å². The first-order chi connectivity index (χ1) is 14.2. The van der Waals surface area contributed by atoms with Crippen molar-refractivity contribution in [3.8, 4) is 5.69 Å². The van der Waals surface area contributed by atoms with Gasteiger partial charge in [-0.25, -0.2) is 4.98 Å². The van der Waals surface area contributed by atoms with Gasteiger partial charge in [0.2, 0.25) is 5.91 Å². The normalized spacial score (nSPS) is 11.1. The monoisotopic (exact) mass is 404 g/mol. The number of para-hydroxylation sites is 2. The third kappa shape index (κ3) is 4.54. The van der Waals surface area contributed by atoms with E-state index in [-0.39, 0.29) is 5.91 Å². The van der Waals surface area contributed by atoms with Crippen LogP contribution in [0.2, 0.25) is 0 Å². The largest absolute Gasteiger partial charge is 0.361 e. The smallest absolute Gasteiger partial charge is 0.230 e. The van der Waals surface area contributed by atoms with E-state index in [0.29, 0.717) is 12.3 Å². The number of hydrogen-bond acceptors (Lipinski definition) is 3. The molecule has 0 aliphatic rings. The average Bonchev–Trinajstić information content (AvgIpc) is 3.37. The van der Waals surface area contributed by atoms with Crippen molar-refractivity contribution in [2.24, 2.45) is 0 Å². The number of nitrogens with one attached hydrogen (secondary N) is 2. The van der Waals surface area contributed by atoms with E-state index in [2.05, 4.69) is 58.7 Å². The number of carbonyl (C=O) groups excluding carboxylic acids is 1. The molecule has 2 aromatic heterocycles. The van der Waals surface area contributed by atoms with Crippen LogP contribution in [0.4, 0.5) is 0 Å². The molecule has 29 heavy (non-hydrogen) atoms. The zero-order valence-electron chi connectivity index (χ0n) is 16.4. The number of imidazole rings is 1. The van der Waals surface area contributed by atoms with Crippen LogP contribution in [-0.4, -0.2) is 32.7 Å². The van der Waals surface area contributed by atoms with Gasteiger partial charge in [-0.05, 0) is 43.0 Å². The highest BCUT2D eigenvalue weighted by Gasteiger charge is 2.10. The Bertz CT molecular complexity index is 1110. The van der Waals surface area contributed by atoms with Crippen molar-refractivity contribution in [3.05, 3.63) is 78.2 Å². The first-order valence-corrected chi connectivity index (χ1v) is 10.7. The molecule has 148 valence electrons. The van der Waals surface area contributed by atoms with Gasteiger partial charge in [-0.2, -0.15) is 0 Å². The van der Waals surface area contributed by atoms with Gasteiger partial charge in [0, 0.05) is 36.0 Å². The molecule has 0 bridgehead atoms. The van der Waals surface area contributed by atoms with Crippen molar-refractivity contribution in [1.29, 1.82) is 0 Å². The zero-order valence-corrected chi connectivity index (χ0v) is 17.2. The summed E-state index contributed by atoms with van der Waals surface area (Å²) in [7, 11) is 0. The predicted octanol–water partition coefficient (Wildman–Crippen LogP) is 4.50. The molecule has 0 saturated carbocycles. The van der Waals surface area contributed by atoms with Crippen LogP contribution < -0.4 is 5.32 Å². The summed E-state index contributed by atoms with van der Waals surface area (Å²) in [6.45, 7) is 2.75. The molecule has 0 aliphatic heterocycles. The molecule has 0 saturated heterocycles. The Labute approximate surface area is 174 Å². The van der Waals surface area contributed by atoms with Crippen LogP contribution >= 0.6 is 11.8 Å². The second kappa shape index (κ2) is 9.01. The number of hydrogen-bond donors (Lipinski definition) is 2. The predicted molar refractivity (Wildman–Crippen MR) is 119 cm³/mol. The summed E-state index contributed by atoms with van der Waals surface area (Å²) in [5.41, 5.74) is 4.72. The molecule has 2 heterocycles. The van der Waals surface area contributed by atoms with Gasteiger partial charge in [-0.1, -0.05) is 48.2 Å². The van der Waals surface area contributed by atoms with E-state index in [1.807, 2.05) is 29.0 Å². The maximum atomic E-state index is 12.3. The van der Waals surface area contributed by atoms with Crippen molar-refractivity contribution in [1.82, 2.24) is 19.9 Å². The van der Waals surface area contributed by atoms with Crippen LogP contribution in [0.3, 0.4) is 0 Å². The van der Waals surface area contributed by atoms with Gasteiger partial charge in [0.15, 0.2) is 5.16 Å². The molecule has 0 unspecified atom stereocenters. The van der Waals surface area contributed by atoms with Crippen molar-refractivity contribution < 1.29 is 4.79 Å². The quantitative estimate of drug-likeness (QED) is 0.336. The number of thioether (sulfide) groups is 1. The number of carbonyl (C=O) groups is 1. The summed E-state index contributed by atoms with van der Waals surface area (Å²) in [6, 6.07) is 16.5. The first kappa shape index (κ1) is 19.3. The summed E-state index contributed by atoms with van der Waals surface area (Å²) < 4.78 is 2.03. The van der Waals surface area contributed by atoms with Crippen LogP contribution in [-0.2, 0) is 11.2 Å². The van der Waals surface area contributed by atoms with E-state index in [1.165, 1.54) is 28.3 Å². The number of nitrogens with zero attached hydrogens (tertiary/aromatic N) is 2. The Morgan fingerprint density at radius 2 is 2.00 bits per heavy atom. The number of aromatic amines is 1. The topological polar surface area (TPSA) is 62.7 Å². The number of aromatic nitrogens is 3. The maximum Gasteiger partial charge on any atom is 0.230 e. The third-order valence-corrected chi connectivity index (χ3v) is 5.90. The molecule has 1 amide bonds. The first-order valence-electron chi connectivity index (χ1n) is 9.76. The van der Waals surface area contributed by atoms with Crippen LogP contribution in [0.25, 0.3) is 16.6 Å². The Morgan fingerprint density at radius 1 is 1.17 bits per heavy atom. The fraction of sp³-hybridized carbons (Fsp3) is 0.217. The van der Waals surface area contributed by atoms with E-state index < -0.39 is 0 Å². The van der Waals surface area contributed by atoms with Crippen LogP contribution in [0, 0.1) is 6.92 Å². The fourth-order valence-corrected chi connectivity index (χ4v) is 4.24. The van der Waals surface area contributed by atoms with Crippen LogP contribution in [0.5, 0.6) is 0 Å². The van der Waals surface area contributed by atoms with Gasteiger partial charge >= 0.3 is 0 Å². The molecular weight excluding hydrogens is 380 g/mol. The molecule has 2 N–H and O–H groups in total. The minimum absolute atomic E-state index is 0.0354. The van der Waals surface area contributed by atoms with Crippen LogP contribution in [0.15, 0.2) is 72.3 Å². The Morgan fingerprint density at radius 3 is 2.90 bits per heavy atom. The lowest BCUT2D eigenvalue weighted by molar-refractivity contribution is -0.118. The molecule has 0 atom stereocenters. The third-order valence-electron chi connectivity index (χ3n) is 4.93. The standard InChI is InChI=1S/C23H24N4OS/c1-17-7-2-5-11-21(17)27-14-13-25-23(27)29-16-22(28)24-12-6-8-18-15-26-20-10-4-3-9-19(18)20/h2-5,7,9-11,13-15,26H,6,8,12,16H2,1H3,(H,24,28). The number of fused-ring (bicyclic) bond motifs is 1. The number of rotatable bonds is 8. The highest BCUT2D eigenvalue weighted by atomic mass is 32.2. The lowest BCUT2D eigenvalue weighted by Crippen LogP contribution is -2.26. The SMILES string of the molecule is Cc1ccccc1-n1ccnc1SCC(=O)NCCCc1c[nH]c2ccccc12.